The maximum absolute atomic E-state index is 2.51. The van der Waals surface area contributed by atoms with Crippen LogP contribution in [0, 0.1) is 0 Å². The van der Waals surface area contributed by atoms with Crippen LogP contribution < -0.4 is 13.7 Å². The van der Waals surface area contributed by atoms with Crippen LogP contribution >= 0.6 is 0 Å². The second-order valence-electron chi connectivity index (χ2n) is 17.7. The summed E-state index contributed by atoms with van der Waals surface area (Å²) in [6.07, 6.45) is 57.1. The molecule has 3 heteroatoms. The van der Waals surface area contributed by atoms with Crippen LogP contribution in [0.25, 0.3) is 0 Å². The smallest absolute Gasteiger partial charge is 0.181 e. The lowest BCUT2D eigenvalue weighted by Gasteiger charge is -2.05. The Bertz CT molecular complexity index is 1280. The summed E-state index contributed by atoms with van der Waals surface area (Å²) in [7, 11) is 2.03. The molecular weight excluding hydrogens is 751 g/mol. The second-order valence-corrected chi connectivity index (χ2v) is 17.7. The Hall–Kier alpha value is -2.55. The average molecular weight is 864 g/mol. The molecule has 360 valence electrons. The molecule has 0 saturated heterocycles. The third kappa shape index (κ3) is 39.1. The highest BCUT2D eigenvalue weighted by molar-refractivity contribution is 5.06. The quantitative estimate of drug-likeness (QED) is 0.0412. The summed E-state index contributed by atoms with van der Waals surface area (Å²) in [6.45, 7) is 13.7. The molecule has 0 fully saturated rings. The van der Waals surface area contributed by atoms with Crippen molar-refractivity contribution in [3.63, 3.8) is 0 Å². The van der Waals surface area contributed by atoms with Gasteiger partial charge in [-0.3, -0.25) is 0 Å². The molecule has 62 heavy (non-hydrogen) atoms. The van der Waals surface area contributed by atoms with Crippen LogP contribution in [0.1, 0.15) is 266 Å². The molecule has 0 aliphatic rings. The van der Waals surface area contributed by atoms with Crippen molar-refractivity contribution in [1.29, 1.82) is 0 Å². The van der Waals surface area contributed by atoms with Crippen LogP contribution in [0.15, 0.2) is 73.4 Å². The van der Waals surface area contributed by atoms with Gasteiger partial charge in [0, 0.05) is 55.2 Å². The fourth-order valence-electron chi connectivity index (χ4n) is 7.99. The first kappa shape index (κ1) is 63.7. The Labute approximate surface area is 391 Å². The van der Waals surface area contributed by atoms with Crippen molar-refractivity contribution in [2.24, 2.45) is 7.05 Å². The summed E-state index contributed by atoms with van der Waals surface area (Å²) in [4.78, 5) is 0. The summed E-state index contributed by atoms with van der Waals surface area (Å²) in [5.41, 5.74) is 4.39. The fraction of sp³-hybridized carbons (Fsp3) is 0.746. The molecule has 0 aliphatic carbocycles. The van der Waals surface area contributed by atoms with Crippen molar-refractivity contribution in [3.05, 3.63) is 90.3 Å². The van der Waals surface area contributed by atoms with Crippen molar-refractivity contribution >= 4 is 0 Å². The van der Waals surface area contributed by atoms with Crippen LogP contribution in [-0.4, -0.2) is 0 Å². The van der Waals surface area contributed by atoms with Gasteiger partial charge in [-0.2, -0.15) is 0 Å². The van der Waals surface area contributed by atoms with E-state index in [0.29, 0.717) is 0 Å². The van der Waals surface area contributed by atoms with Crippen LogP contribution in [0.4, 0.5) is 0 Å². The molecule has 0 amide bonds. The molecule has 3 heterocycles. The molecule has 3 nitrogen and oxygen atoms in total. The summed E-state index contributed by atoms with van der Waals surface area (Å²) in [5, 5.41) is 0. The molecule has 0 spiro atoms. The van der Waals surface area contributed by atoms with Gasteiger partial charge in [0.25, 0.3) is 0 Å². The van der Waals surface area contributed by atoms with Gasteiger partial charge < -0.3 is 0 Å². The van der Waals surface area contributed by atoms with Gasteiger partial charge in [0.1, 0.15) is 20.1 Å². The third-order valence-electron chi connectivity index (χ3n) is 12.1. The normalized spacial score (nSPS) is 10.4. The number of pyridine rings is 3. The van der Waals surface area contributed by atoms with Crippen LogP contribution in [0.2, 0.25) is 0 Å². The zero-order valence-corrected chi connectivity index (χ0v) is 40.5. The van der Waals surface area contributed by atoms with Crippen molar-refractivity contribution in [2.45, 2.75) is 282 Å². The highest BCUT2D eigenvalue weighted by Crippen LogP contribution is 2.14. The molecule has 3 aromatic heterocycles. The Morgan fingerprint density at radius 2 is 0.758 bits per heavy atom. The molecule has 3 aromatic rings. The minimum Gasteiger partial charge on any atom is -0.208 e. The molecular formula is C59H112N3+3. The topological polar surface area (TPSA) is 11.6 Å². The fourth-order valence-corrected chi connectivity index (χ4v) is 7.99. The molecule has 0 N–H and O–H groups in total. The Morgan fingerprint density at radius 1 is 0.355 bits per heavy atom. The molecule has 0 bridgehead atoms. The largest absolute Gasteiger partial charge is 0.208 e. The number of hydrogen-bond donors (Lipinski definition) is 0. The minimum atomic E-state index is 0. The summed E-state index contributed by atoms with van der Waals surface area (Å²) >= 11 is 0. The van der Waals surface area contributed by atoms with Crippen molar-refractivity contribution in [3.8, 4) is 0 Å². The maximum Gasteiger partial charge on any atom is 0.181 e. The molecule has 0 aromatic carbocycles. The van der Waals surface area contributed by atoms with Gasteiger partial charge in [0.2, 0.25) is 0 Å². The van der Waals surface area contributed by atoms with E-state index in [0.717, 1.165) is 12.8 Å². The van der Waals surface area contributed by atoms with Crippen LogP contribution in [0.5, 0.6) is 0 Å². The number of unbranched alkanes of at least 4 members (excludes halogenated alkanes) is 27. The van der Waals surface area contributed by atoms with Gasteiger partial charge in [-0.05, 0) is 43.7 Å². The van der Waals surface area contributed by atoms with Crippen LogP contribution in [0.3, 0.4) is 0 Å². The van der Waals surface area contributed by atoms with E-state index in [2.05, 4.69) is 117 Å². The van der Waals surface area contributed by atoms with E-state index in [1.165, 1.54) is 223 Å². The van der Waals surface area contributed by atoms with E-state index in [1.54, 1.807) is 5.69 Å². The summed E-state index contributed by atoms with van der Waals surface area (Å²) in [6, 6.07) is 15.4. The first-order chi connectivity index (χ1) is 29.1. The molecule has 3 rings (SSSR count). The van der Waals surface area contributed by atoms with Crippen LogP contribution in [-0.2, 0) is 39.4 Å². The van der Waals surface area contributed by atoms with Gasteiger partial charge in [-0.15, -0.1) is 0 Å². The Balaban J connectivity index is -0.000000911. The Kier molecular flexibility index (Phi) is 50.9. The van der Waals surface area contributed by atoms with Gasteiger partial charge in [-0.25, -0.2) is 13.7 Å². The van der Waals surface area contributed by atoms with E-state index in [1.807, 2.05) is 11.6 Å². The molecule has 0 aliphatic heterocycles. The van der Waals surface area contributed by atoms with Gasteiger partial charge >= 0.3 is 0 Å². The standard InChI is InChI=1S/C27H50N.C21H38N.C8H12N.3CH4/c1-3-5-7-9-11-12-13-14-15-16-17-19-23-27-24-20-22-26-28(27)25-21-18-10-8-6-4-2;1-3-5-6-7-8-9-10-11-12-13-14-15-18-22-19-16-17-21(4-2)20-22;1-3-8-4-6-9(2)7-5-8;;;/h20,22,24,26H,3-19,21,23,25H2,1-2H3;16-17,19-20H,3-15,18H2,1-2H3;4-7H,3H2,1-2H3;3*1H4/q3*+1;;;. The van der Waals surface area contributed by atoms with E-state index in [9.17, 15) is 0 Å². The van der Waals surface area contributed by atoms with Crippen molar-refractivity contribution in [1.82, 2.24) is 0 Å². The zero-order valence-electron chi connectivity index (χ0n) is 40.5. The van der Waals surface area contributed by atoms with Crippen molar-refractivity contribution < 1.29 is 13.7 Å². The minimum absolute atomic E-state index is 0. The molecule has 0 saturated carbocycles. The van der Waals surface area contributed by atoms with Gasteiger partial charge in [0.15, 0.2) is 36.7 Å². The monoisotopic (exact) mass is 863 g/mol. The maximum atomic E-state index is 2.51. The first-order valence-corrected chi connectivity index (χ1v) is 26.0. The number of hydrogen-bond acceptors (Lipinski definition) is 0. The van der Waals surface area contributed by atoms with E-state index in [-0.39, 0.29) is 22.3 Å². The number of aryl methyl sites for hydroxylation is 6. The number of nitrogens with zero attached hydrogens (tertiary/aromatic N) is 3. The van der Waals surface area contributed by atoms with Gasteiger partial charge in [-0.1, -0.05) is 223 Å². The highest BCUT2D eigenvalue weighted by atomic mass is 14.9. The predicted molar refractivity (Wildman–Crippen MR) is 279 cm³/mol. The number of rotatable bonds is 35. The highest BCUT2D eigenvalue weighted by Gasteiger charge is 2.09. The lowest BCUT2D eigenvalue weighted by molar-refractivity contribution is -0.704. The number of aromatic nitrogens is 3. The van der Waals surface area contributed by atoms with Gasteiger partial charge in [0.05, 0.1) is 0 Å². The summed E-state index contributed by atoms with van der Waals surface area (Å²) < 4.78 is 6.91. The van der Waals surface area contributed by atoms with Crippen molar-refractivity contribution in [2.75, 3.05) is 0 Å². The van der Waals surface area contributed by atoms with E-state index >= 15 is 0 Å². The lowest BCUT2D eigenvalue weighted by atomic mass is 10.0. The first-order valence-electron chi connectivity index (χ1n) is 26.0. The Morgan fingerprint density at radius 3 is 1.19 bits per heavy atom. The molecule has 0 unspecified atom stereocenters. The van der Waals surface area contributed by atoms with E-state index in [4.69, 9.17) is 0 Å². The molecule has 0 radical (unpaired) electrons. The predicted octanol–water partition coefficient (Wildman–Crippen LogP) is 17.8. The average Bonchev–Trinajstić information content (AvgIpc) is 3.27. The lowest BCUT2D eigenvalue weighted by Crippen LogP contribution is -2.37. The zero-order chi connectivity index (χ0) is 42.7. The molecule has 0 atom stereocenters. The third-order valence-corrected chi connectivity index (χ3v) is 12.1. The summed E-state index contributed by atoms with van der Waals surface area (Å²) in [5.74, 6) is 0. The second kappa shape index (κ2) is 49.5. The SMILES string of the molecule is C.C.C.CCCCCCCCCCCCCC[n+]1cccc(CC)c1.CCCCCCCCCCCCCCc1cccc[n+]1CCCCCCCC.CCc1cc[n+](C)cc1. The van der Waals surface area contributed by atoms with E-state index < -0.39 is 0 Å².